The summed E-state index contributed by atoms with van der Waals surface area (Å²) in [5, 5.41) is 0. The molecule has 1 N–H and O–H groups in total. The number of hydrogen-bond donors (Lipinski definition) is 1. The predicted octanol–water partition coefficient (Wildman–Crippen LogP) is 1.19. The average molecular weight is 198 g/mol. The molecule has 0 bridgehead atoms. The highest BCUT2D eigenvalue weighted by molar-refractivity contribution is 6.26. The van der Waals surface area contributed by atoms with Crippen molar-refractivity contribution < 1.29 is 9.59 Å². The van der Waals surface area contributed by atoms with Crippen molar-refractivity contribution in [2.75, 3.05) is 0 Å². The summed E-state index contributed by atoms with van der Waals surface area (Å²) in [4.78, 5) is 30.5. The molecule has 0 saturated heterocycles. The van der Waals surface area contributed by atoms with E-state index in [1.807, 2.05) is 0 Å². The zero-order valence-electron chi connectivity index (χ0n) is 7.65. The van der Waals surface area contributed by atoms with E-state index in [2.05, 4.69) is 9.97 Å². The topological polar surface area (TPSA) is 62.8 Å². The van der Waals surface area contributed by atoms with E-state index in [4.69, 9.17) is 0 Å². The molecule has 3 rings (SSSR count). The molecule has 0 saturated carbocycles. The number of hydrogen-bond acceptors (Lipinski definition) is 3. The number of carbonyl (C=O) groups is 2. The third kappa shape index (κ3) is 0.929. The Balaban J connectivity index is 2.36. The summed E-state index contributed by atoms with van der Waals surface area (Å²) in [5.41, 5.74) is 1.39. The quantitative estimate of drug-likeness (QED) is 0.590. The third-order valence-corrected chi connectivity index (χ3v) is 2.49. The van der Waals surface area contributed by atoms with Crippen LogP contribution in [0.4, 0.5) is 0 Å². The fourth-order valence-corrected chi connectivity index (χ4v) is 1.78. The van der Waals surface area contributed by atoms with Gasteiger partial charge in [0.25, 0.3) is 0 Å². The second-order valence-corrected chi connectivity index (χ2v) is 3.32. The van der Waals surface area contributed by atoms with Crippen molar-refractivity contribution in [2.24, 2.45) is 0 Å². The molecule has 2 heterocycles. The van der Waals surface area contributed by atoms with Crippen LogP contribution in [-0.2, 0) is 0 Å². The number of ketones is 2. The summed E-state index contributed by atoms with van der Waals surface area (Å²) in [6.45, 7) is 0. The first kappa shape index (κ1) is 8.11. The Hall–Kier alpha value is -2.23. The Morgan fingerprint density at radius 1 is 1.07 bits per heavy atom. The van der Waals surface area contributed by atoms with Gasteiger partial charge in [-0.05, 0) is 18.2 Å². The maximum absolute atomic E-state index is 11.9. The monoisotopic (exact) mass is 198 g/mol. The fourth-order valence-electron chi connectivity index (χ4n) is 1.78. The lowest BCUT2D eigenvalue weighted by Crippen LogP contribution is -2.21. The van der Waals surface area contributed by atoms with Gasteiger partial charge in [-0.1, -0.05) is 0 Å². The van der Waals surface area contributed by atoms with Gasteiger partial charge < -0.3 is 4.98 Å². The van der Waals surface area contributed by atoms with Gasteiger partial charge in [0, 0.05) is 12.4 Å². The number of nitrogens with one attached hydrogen (secondary N) is 1. The minimum absolute atomic E-state index is 0.169. The number of fused-ring (bicyclic) bond motifs is 2. The molecular formula is C11H6N2O2. The lowest BCUT2D eigenvalue weighted by molar-refractivity contribution is 0.0973. The molecule has 0 radical (unpaired) electrons. The van der Waals surface area contributed by atoms with Crippen LogP contribution in [0.1, 0.15) is 32.1 Å². The highest BCUT2D eigenvalue weighted by Gasteiger charge is 2.31. The minimum atomic E-state index is -0.193. The second-order valence-electron chi connectivity index (χ2n) is 3.32. The lowest BCUT2D eigenvalue weighted by Gasteiger charge is -2.11. The summed E-state index contributed by atoms with van der Waals surface area (Å²) in [6, 6.07) is 4.87. The van der Waals surface area contributed by atoms with Crippen LogP contribution in [0.5, 0.6) is 0 Å². The number of rotatable bonds is 0. The minimum Gasteiger partial charge on any atom is -0.358 e. The maximum atomic E-state index is 11.9. The van der Waals surface area contributed by atoms with Crippen molar-refractivity contribution in [2.45, 2.75) is 0 Å². The highest BCUT2D eigenvalue weighted by Crippen LogP contribution is 2.24. The van der Waals surface area contributed by atoms with Crippen LogP contribution in [0.2, 0.25) is 0 Å². The maximum Gasteiger partial charge on any atom is 0.214 e. The molecule has 1 aliphatic carbocycles. The fraction of sp³-hybridized carbons (Fsp3) is 0. The molecule has 0 amide bonds. The summed E-state index contributed by atoms with van der Waals surface area (Å²) in [6.07, 6.45) is 3.11. The number of carbonyl (C=O) groups excluding carboxylic acids is 2. The first-order valence-electron chi connectivity index (χ1n) is 4.51. The van der Waals surface area contributed by atoms with Crippen molar-refractivity contribution in [1.82, 2.24) is 9.97 Å². The van der Waals surface area contributed by atoms with Gasteiger partial charge in [-0.2, -0.15) is 0 Å². The van der Waals surface area contributed by atoms with Crippen LogP contribution >= 0.6 is 0 Å². The molecule has 0 fully saturated rings. The number of H-pyrrole nitrogens is 1. The molecule has 4 heteroatoms. The zero-order valence-corrected chi connectivity index (χ0v) is 7.65. The first-order valence-corrected chi connectivity index (χ1v) is 4.51. The largest absolute Gasteiger partial charge is 0.358 e. The van der Waals surface area contributed by atoms with E-state index in [1.54, 1.807) is 24.4 Å². The van der Waals surface area contributed by atoms with Crippen LogP contribution in [0.15, 0.2) is 30.6 Å². The summed E-state index contributed by atoms with van der Waals surface area (Å²) in [5.74, 6) is -0.362. The Bertz CT molecular complexity index is 534. The molecular weight excluding hydrogens is 192 g/mol. The molecule has 0 spiro atoms. The number of aromatic nitrogens is 2. The van der Waals surface area contributed by atoms with Gasteiger partial charge in [-0.15, -0.1) is 0 Å². The SMILES string of the molecule is O=C1c2cc[nH]c2C(=O)c2cccnc21. The Morgan fingerprint density at radius 2 is 1.93 bits per heavy atom. The van der Waals surface area contributed by atoms with Gasteiger partial charge in [0.1, 0.15) is 5.69 Å². The molecule has 15 heavy (non-hydrogen) atoms. The van der Waals surface area contributed by atoms with Gasteiger partial charge in [-0.3, -0.25) is 14.6 Å². The van der Waals surface area contributed by atoms with Gasteiger partial charge in [0.15, 0.2) is 0 Å². The second kappa shape index (κ2) is 2.63. The highest BCUT2D eigenvalue weighted by atomic mass is 16.1. The standard InChI is InChI=1S/C11H6N2O2/c14-10-6-2-1-4-12-8(6)11(15)7-3-5-13-9(7)10/h1-5,13H. The zero-order chi connectivity index (χ0) is 10.4. The molecule has 2 aromatic heterocycles. The van der Waals surface area contributed by atoms with E-state index in [1.165, 1.54) is 6.20 Å². The Labute approximate surface area is 85.0 Å². The van der Waals surface area contributed by atoms with Crippen molar-refractivity contribution in [3.05, 3.63) is 53.1 Å². The van der Waals surface area contributed by atoms with Crippen LogP contribution in [0.25, 0.3) is 0 Å². The van der Waals surface area contributed by atoms with Gasteiger partial charge in [-0.25, -0.2) is 0 Å². The Morgan fingerprint density at radius 3 is 2.80 bits per heavy atom. The van der Waals surface area contributed by atoms with E-state index < -0.39 is 0 Å². The van der Waals surface area contributed by atoms with Crippen LogP contribution in [-0.4, -0.2) is 21.5 Å². The smallest absolute Gasteiger partial charge is 0.214 e. The third-order valence-electron chi connectivity index (χ3n) is 2.49. The molecule has 2 aromatic rings. The number of pyridine rings is 1. The summed E-state index contributed by atoms with van der Waals surface area (Å²) in [7, 11) is 0. The van der Waals surface area contributed by atoms with Crippen molar-refractivity contribution in [1.29, 1.82) is 0 Å². The van der Waals surface area contributed by atoms with E-state index in [9.17, 15) is 9.59 Å². The van der Waals surface area contributed by atoms with Crippen LogP contribution < -0.4 is 0 Å². The molecule has 0 unspecified atom stereocenters. The Kier molecular flexibility index (Phi) is 1.42. The lowest BCUT2D eigenvalue weighted by atomic mass is 9.92. The normalized spacial score (nSPS) is 13.6. The van der Waals surface area contributed by atoms with Gasteiger partial charge in [0.05, 0.1) is 16.8 Å². The van der Waals surface area contributed by atoms with Crippen molar-refractivity contribution in [3.8, 4) is 0 Å². The molecule has 1 aliphatic rings. The van der Waals surface area contributed by atoms with E-state index >= 15 is 0 Å². The van der Waals surface area contributed by atoms with Crippen molar-refractivity contribution in [3.63, 3.8) is 0 Å². The van der Waals surface area contributed by atoms with E-state index in [-0.39, 0.29) is 17.3 Å². The van der Waals surface area contributed by atoms with Crippen LogP contribution in [0, 0.1) is 0 Å². The van der Waals surface area contributed by atoms with E-state index in [0.717, 1.165) is 0 Å². The van der Waals surface area contributed by atoms with Crippen molar-refractivity contribution >= 4 is 11.6 Å². The number of aromatic amines is 1. The molecule has 0 aromatic carbocycles. The summed E-state index contributed by atoms with van der Waals surface area (Å²) < 4.78 is 0. The van der Waals surface area contributed by atoms with Gasteiger partial charge in [0.2, 0.25) is 11.6 Å². The number of nitrogens with zero attached hydrogens (tertiary/aromatic N) is 1. The predicted molar refractivity (Wildman–Crippen MR) is 51.9 cm³/mol. The van der Waals surface area contributed by atoms with Gasteiger partial charge >= 0.3 is 0 Å². The molecule has 0 atom stereocenters. The first-order chi connectivity index (χ1) is 7.29. The molecule has 72 valence electrons. The van der Waals surface area contributed by atoms with E-state index in [0.29, 0.717) is 16.8 Å². The summed E-state index contributed by atoms with van der Waals surface area (Å²) >= 11 is 0. The van der Waals surface area contributed by atoms with Crippen LogP contribution in [0.3, 0.4) is 0 Å². The average Bonchev–Trinajstić information content (AvgIpc) is 2.75. The molecule has 4 nitrogen and oxygen atoms in total. The molecule has 0 aliphatic heterocycles.